The van der Waals surface area contributed by atoms with Gasteiger partial charge in [0.05, 0.1) is 25.5 Å². The van der Waals surface area contributed by atoms with Crippen molar-refractivity contribution >= 4 is 11.7 Å². The molecule has 2 N–H and O–H groups in total. The van der Waals surface area contributed by atoms with Crippen molar-refractivity contribution in [1.29, 1.82) is 0 Å². The van der Waals surface area contributed by atoms with Gasteiger partial charge in [-0.15, -0.1) is 0 Å². The minimum atomic E-state index is -0.394. The van der Waals surface area contributed by atoms with Gasteiger partial charge in [-0.05, 0) is 24.1 Å². The summed E-state index contributed by atoms with van der Waals surface area (Å²) in [5.41, 5.74) is 8.01. The van der Waals surface area contributed by atoms with E-state index in [1.807, 2.05) is 12.2 Å². The number of nitrogens with two attached hydrogens (primary N) is 1. The fraction of sp³-hybridized carbons (Fsp3) is 0.267. The number of anilines is 1. The van der Waals surface area contributed by atoms with Crippen LogP contribution in [0.5, 0.6) is 5.75 Å². The second-order valence-corrected chi connectivity index (χ2v) is 4.33. The number of hydrogen-bond donors (Lipinski definition) is 1. The Morgan fingerprint density at radius 3 is 2.68 bits per heavy atom. The van der Waals surface area contributed by atoms with Crippen LogP contribution in [0, 0.1) is 0 Å². The highest BCUT2D eigenvalue weighted by Crippen LogP contribution is 2.36. The number of allylic oxidation sites excluding steroid dienone is 4. The Kier molecular flexibility index (Phi) is 3.90. The summed E-state index contributed by atoms with van der Waals surface area (Å²) in [6.45, 7) is 0. The van der Waals surface area contributed by atoms with Crippen LogP contribution in [0.3, 0.4) is 0 Å². The van der Waals surface area contributed by atoms with E-state index in [1.165, 1.54) is 14.2 Å². The molecule has 0 amide bonds. The second-order valence-electron chi connectivity index (χ2n) is 4.33. The Balaban J connectivity index is 2.49. The van der Waals surface area contributed by atoms with Gasteiger partial charge < -0.3 is 15.2 Å². The van der Waals surface area contributed by atoms with E-state index in [0.717, 1.165) is 12.0 Å². The summed E-state index contributed by atoms with van der Waals surface area (Å²) in [5.74, 6) is 0.263. The first-order valence-electron chi connectivity index (χ1n) is 6.06. The summed E-state index contributed by atoms with van der Waals surface area (Å²) in [6.07, 6.45) is 8.96. The lowest BCUT2D eigenvalue weighted by Gasteiger charge is -2.19. The van der Waals surface area contributed by atoms with Gasteiger partial charge in [-0.2, -0.15) is 0 Å². The summed E-state index contributed by atoms with van der Waals surface area (Å²) in [7, 11) is 2.89. The lowest BCUT2D eigenvalue weighted by atomic mass is 9.90. The summed E-state index contributed by atoms with van der Waals surface area (Å²) < 4.78 is 9.99. The third-order valence-corrected chi connectivity index (χ3v) is 3.20. The van der Waals surface area contributed by atoms with Crippen molar-refractivity contribution in [2.24, 2.45) is 0 Å². The first-order chi connectivity index (χ1) is 9.17. The molecule has 4 heteroatoms. The van der Waals surface area contributed by atoms with E-state index in [1.54, 1.807) is 12.1 Å². The largest absolute Gasteiger partial charge is 0.495 e. The molecule has 1 aliphatic carbocycles. The summed E-state index contributed by atoms with van der Waals surface area (Å²) in [5, 5.41) is 0. The van der Waals surface area contributed by atoms with Gasteiger partial charge in [0, 0.05) is 5.92 Å². The van der Waals surface area contributed by atoms with Gasteiger partial charge >= 0.3 is 5.97 Å². The van der Waals surface area contributed by atoms with Crippen molar-refractivity contribution in [2.75, 3.05) is 20.0 Å². The van der Waals surface area contributed by atoms with Crippen molar-refractivity contribution in [3.63, 3.8) is 0 Å². The van der Waals surface area contributed by atoms with Gasteiger partial charge in [0.1, 0.15) is 5.75 Å². The molecule has 100 valence electrons. The predicted octanol–water partition coefficient (Wildman–Crippen LogP) is 2.66. The van der Waals surface area contributed by atoms with E-state index < -0.39 is 5.97 Å². The molecule has 0 aromatic heterocycles. The van der Waals surface area contributed by atoms with Gasteiger partial charge in [0.25, 0.3) is 0 Å². The van der Waals surface area contributed by atoms with E-state index in [2.05, 4.69) is 12.2 Å². The predicted molar refractivity (Wildman–Crippen MR) is 74.4 cm³/mol. The normalized spacial score (nSPS) is 17.3. The van der Waals surface area contributed by atoms with Crippen LogP contribution in [0.2, 0.25) is 0 Å². The number of carbonyl (C=O) groups is 1. The van der Waals surface area contributed by atoms with Crippen LogP contribution in [0.15, 0.2) is 36.4 Å². The van der Waals surface area contributed by atoms with Gasteiger partial charge in [0.2, 0.25) is 0 Å². The van der Waals surface area contributed by atoms with Crippen molar-refractivity contribution in [3.05, 3.63) is 47.6 Å². The SMILES string of the molecule is COC(=O)c1cc(OC)c(N)c([C@@H]2C=CC=CC2)c1. The first kappa shape index (κ1) is 13.2. The van der Waals surface area contributed by atoms with Crippen LogP contribution < -0.4 is 10.5 Å². The molecule has 0 spiro atoms. The third-order valence-electron chi connectivity index (χ3n) is 3.20. The Bertz CT molecular complexity index is 547. The lowest BCUT2D eigenvalue weighted by Crippen LogP contribution is -2.08. The minimum absolute atomic E-state index is 0.156. The highest BCUT2D eigenvalue weighted by molar-refractivity contribution is 5.91. The van der Waals surface area contributed by atoms with Crippen LogP contribution in [-0.4, -0.2) is 20.2 Å². The minimum Gasteiger partial charge on any atom is -0.495 e. The number of methoxy groups -OCH3 is 2. The summed E-state index contributed by atoms with van der Waals surface area (Å²) >= 11 is 0. The molecule has 0 radical (unpaired) electrons. The van der Waals surface area contributed by atoms with Crippen LogP contribution in [0.1, 0.15) is 28.3 Å². The average molecular weight is 259 g/mol. The standard InChI is InChI=1S/C15H17NO3/c1-18-13-9-11(15(17)19-2)8-12(14(13)16)10-6-4-3-5-7-10/h3-6,8-10H,7,16H2,1-2H3/t10-/m1/s1. The molecular formula is C15H17NO3. The van der Waals surface area contributed by atoms with Gasteiger partial charge in [-0.1, -0.05) is 24.3 Å². The fourth-order valence-electron chi connectivity index (χ4n) is 2.17. The van der Waals surface area contributed by atoms with Crippen molar-refractivity contribution in [2.45, 2.75) is 12.3 Å². The number of rotatable bonds is 3. The molecule has 0 unspecified atom stereocenters. The zero-order valence-corrected chi connectivity index (χ0v) is 11.1. The number of carbonyl (C=O) groups excluding carboxylic acids is 1. The molecule has 1 atom stereocenters. The van der Waals surface area contributed by atoms with Crippen LogP contribution >= 0.6 is 0 Å². The van der Waals surface area contributed by atoms with E-state index in [-0.39, 0.29) is 5.92 Å². The van der Waals surface area contributed by atoms with Gasteiger partial charge in [-0.25, -0.2) is 4.79 Å². The molecule has 0 bridgehead atoms. The quantitative estimate of drug-likeness (QED) is 0.669. The molecule has 2 rings (SSSR count). The molecule has 0 aliphatic heterocycles. The van der Waals surface area contributed by atoms with Crippen LogP contribution in [0.4, 0.5) is 5.69 Å². The molecule has 0 saturated heterocycles. The maximum absolute atomic E-state index is 11.7. The van der Waals surface area contributed by atoms with Crippen LogP contribution in [-0.2, 0) is 4.74 Å². The highest BCUT2D eigenvalue weighted by Gasteiger charge is 2.19. The molecule has 1 aromatic rings. The maximum Gasteiger partial charge on any atom is 0.337 e. The van der Waals surface area contributed by atoms with Crippen molar-refractivity contribution in [3.8, 4) is 5.75 Å². The monoisotopic (exact) mass is 259 g/mol. The van der Waals surface area contributed by atoms with Gasteiger partial charge in [-0.3, -0.25) is 0 Å². The third kappa shape index (κ3) is 2.62. The molecule has 1 aliphatic rings. The average Bonchev–Trinajstić information content (AvgIpc) is 2.47. The number of esters is 1. The molecular weight excluding hydrogens is 242 g/mol. The molecule has 19 heavy (non-hydrogen) atoms. The second kappa shape index (κ2) is 5.61. The fourth-order valence-corrected chi connectivity index (χ4v) is 2.17. The number of ether oxygens (including phenoxy) is 2. The van der Waals surface area contributed by atoms with E-state index in [4.69, 9.17) is 15.2 Å². The maximum atomic E-state index is 11.7. The lowest BCUT2D eigenvalue weighted by molar-refractivity contribution is 0.0600. The van der Waals surface area contributed by atoms with Gasteiger partial charge in [0.15, 0.2) is 0 Å². The van der Waals surface area contributed by atoms with Crippen molar-refractivity contribution < 1.29 is 14.3 Å². The van der Waals surface area contributed by atoms with Crippen LogP contribution in [0.25, 0.3) is 0 Å². The van der Waals surface area contributed by atoms with E-state index in [9.17, 15) is 4.79 Å². The molecule has 0 saturated carbocycles. The summed E-state index contributed by atoms with van der Waals surface area (Å²) in [6, 6.07) is 3.38. The number of nitrogen functional groups attached to an aromatic ring is 1. The Morgan fingerprint density at radius 1 is 1.32 bits per heavy atom. The van der Waals surface area contributed by atoms with E-state index in [0.29, 0.717) is 17.0 Å². The molecule has 0 heterocycles. The molecule has 0 fully saturated rings. The zero-order valence-electron chi connectivity index (χ0n) is 11.1. The number of benzene rings is 1. The highest BCUT2D eigenvalue weighted by atomic mass is 16.5. The number of hydrogen-bond acceptors (Lipinski definition) is 4. The first-order valence-corrected chi connectivity index (χ1v) is 6.06. The van der Waals surface area contributed by atoms with E-state index >= 15 is 0 Å². The molecule has 4 nitrogen and oxygen atoms in total. The topological polar surface area (TPSA) is 61.5 Å². The van der Waals surface area contributed by atoms with Crippen molar-refractivity contribution in [1.82, 2.24) is 0 Å². The smallest absolute Gasteiger partial charge is 0.337 e. The Hall–Kier alpha value is -2.23. The summed E-state index contributed by atoms with van der Waals surface area (Å²) in [4.78, 5) is 11.7. The Morgan fingerprint density at radius 2 is 2.11 bits per heavy atom. The molecule has 1 aromatic carbocycles. The zero-order chi connectivity index (χ0) is 13.8. The Labute approximate surface area is 112 Å².